The number of aromatic hydroxyl groups is 1. The van der Waals surface area contributed by atoms with Crippen LogP contribution in [0, 0.1) is 5.82 Å². The average molecular weight is 466 g/mol. The van der Waals surface area contributed by atoms with E-state index in [1.165, 1.54) is 42.5 Å². The molecule has 160 valence electrons. The number of halogens is 3. The first kappa shape index (κ1) is 22.2. The molecule has 0 saturated heterocycles. The lowest BCUT2D eigenvalue weighted by molar-refractivity contribution is -0.147. The quantitative estimate of drug-likeness (QED) is 0.430. The summed E-state index contributed by atoms with van der Waals surface area (Å²) in [6.07, 6.45) is 0. The second kappa shape index (κ2) is 9.55. The number of rotatable bonds is 6. The Morgan fingerprint density at radius 1 is 1.00 bits per heavy atom. The highest BCUT2D eigenvalue weighted by Crippen LogP contribution is 2.40. The van der Waals surface area contributed by atoms with E-state index in [2.05, 4.69) is 5.32 Å². The number of phenolic OH excluding ortho intramolecular Hbond substituents is 1. The van der Waals surface area contributed by atoms with Crippen LogP contribution >= 0.6 is 23.2 Å². The van der Waals surface area contributed by atoms with Gasteiger partial charge in [0.25, 0.3) is 0 Å². The maximum atomic E-state index is 13.0. The Labute approximate surface area is 185 Å². The first-order chi connectivity index (χ1) is 14.7. The molecule has 0 aliphatic heterocycles. The SMILES string of the molecule is O=C(O)C(=O)Nc1cc(Cl)c(Oc2ccc(O)c(OCc3ccc(F)cc3)c2)c(Cl)c1. The lowest BCUT2D eigenvalue weighted by atomic mass is 10.2. The Morgan fingerprint density at radius 2 is 1.65 bits per heavy atom. The van der Waals surface area contributed by atoms with Crippen molar-refractivity contribution >= 4 is 40.8 Å². The van der Waals surface area contributed by atoms with Crippen LogP contribution in [0.15, 0.2) is 54.6 Å². The number of phenols is 1. The van der Waals surface area contributed by atoms with E-state index in [0.717, 1.165) is 0 Å². The first-order valence-corrected chi connectivity index (χ1v) is 9.40. The van der Waals surface area contributed by atoms with Crippen LogP contribution in [0.4, 0.5) is 10.1 Å². The topological polar surface area (TPSA) is 105 Å². The van der Waals surface area contributed by atoms with E-state index in [1.54, 1.807) is 12.1 Å². The molecular weight excluding hydrogens is 452 g/mol. The predicted molar refractivity (Wildman–Crippen MR) is 112 cm³/mol. The van der Waals surface area contributed by atoms with Crippen LogP contribution in [-0.2, 0) is 16.2 Å². The van der Waals surface area contributed by atoms with Crippen molar-refractivity contribution in [2.24, 2.45) is 0 Å². The molecule has 0 unspecified atom stereocenters. The van der Waals surface area contributed by atoms with E-state index in [-0.39, 0.29) is 51.2 Å². The molecule has 3 rings (SSSR count). The molecule has 0 aliphatic carbocycles. The van der Waals surface area contributed by atoms with Gasteiger partial charge in [-0.05, 0) is 42.0 Å². The molecule has 10 heteroatoms. The highest BCUT2D eigenvalue weighted by molar-refractivity contribution is 6.39. The van der Waals surface area contributed by atoms with E-state index in [4.69, 9.17) is 37.8 Å². The van der Waals surface area contributed by atoms with E-state index >= 15 is 0 Å². The van der Waals surface area contributed by atoms with Crippen molar-refractivity contribution in [3.05, 3.63) is 76.0 Å². The van der Waals surface area contributed by atoms with Crippen LogP contribution in [0.3, 0.4) is 0 Å². The number of amides is 1. The highest BCUT2D eigenvalue weighted by atomic mass is 35.5. The summed E-state index contributed by atoms with van der Waals surface area (Å²) in [5.74, 6) is -3.03. The summed E-state index contributed by atoms with van der Waals surface area (Å²) in [5, 5.41) is 20.8. The number of nitrogens with one attached hydrogen (secondary N) is 1. The van der Waals surface area contributed by atoms with Crippen molar-refractivity contribution in [2.75, 3.05) is 5.32 Å². The van der Waals surface area contributed by atoms with Crippen LogP contribution in [-0.4, -0.2) is 22.1 Å². The molecule has 0 radical (unpaired) electrons. The van der Waals surface area contributed by atoms with Gasteiger partial charge < -0.3 is 25.0 Å². The molecule has 0 bridgehead atoms. The van der Waals surface area contributed by atoms with E-state index in [0.29, 0.717) is 5.56 Å². The molecule has 0 heterocycles. The maximum absolute atomic E-state index is 13.0. The number of carbonyl (C=O) groups excluding carboxylic acids is 1. The van der Waals surface area contributed by atoms with Crippen molar-refractivity contribution in [3.8, 4) is 23.0 Å². The molecule has 0 atom stereocenters. The monoisotopic (exact) mass is 465 g/mol. The summed E-state index contributed by atoms with van der Waals surface area (Å²) in [7, 11) is 0. The van der Waals surface area contributed by atoms with Gasteiger partial charge in [0.05, 0.1) is 10.0 Å². The van der Waals surface area contributed by atoms with E-state index in [9.17, 15) is 19.1 Å². The minimum atomic E-state index is -1.66. The number of benzene rings is 3. The van der Waals surface area contributed by atoms with Crippen LogP contribution in [0.5, 0.6) is 23.0 Å². The standard InChI is InChI=1S/C21H14Cl2FNO6/c22-15-7-13(25-20(27)21(28)29)8-16(23)19(15)31-14-5-6-17(26)18(9-14)30-10-11-1-3-12(24)4-2-11/h1-9,26H,10H2,(H,25,27)(H,28,29). The van der Waals surface area contributed by atoms with Crippen molar-refractivity contribution in [1.29, 1.82) is 0 Å². The number of ether oxygens (including phenoxy) is 2. The average Bonchev–Trinajstić information content (AvgIpc) is 2.72. The minimum absolute atomic E-state index is 0.00930. The summed E-state index contributed by atoms with van der Waals surface area (Å²) < 4.78 is 24.2. The molecule has 0 fully saturated rings. The van der Waals surface area contributed by atoms with Gasteiger partial charge in [0.1, 0.15) is 18.2 Å². The van der Waals surface area contributed by atoms with Crippen LogP contribution in [0.25, 0.3) is 0 Å². The van der Waals surface area contributed by atoms with Gasteiger partial charge in [-0.2, -0.15) is 0 Å². The normalized spacial score (nSPS) is 10.4. The van der Waals surface area contributed by atoms with Crippen LogP contribution < -0.4 is 14.8 Å². The van der Waals surface area contributed by atoms with Gasteiger partial charge in [-0.15, -0.1) is 0 Å². The van der Waals surface area contributed by atoms with Crippen molar-refractivity contribution in [2.45, 2.75) is 6.61 Å². The molecule has 0 aliphatic rings. The third kappa shape index (κ3) is 5.78. The van der Waals surface area contributed by atoms with Crippen LogP contribution in [0.1, 0.15) is 5.56 Å². The number of hydrogen-bond acceptors (Lipinski definition) is 5. The molecule has 3 aromatic carbocycles. The lowest BCUT2D eigenvalue weighted by Gasteiger charge is -2.14. The molecule has 0 aromatic heterocycles. The Hall–Kier alpha value is -3.49. The largest absolute Gasteiger partial charge is 0.504 e. The zero-order chi connectivity index (χ0) is 22.5. The van der Waals surface area contributed by atoms with E-state index in [1.807, 2.05) is 0 Å². The molecule has 0 saturated carbocycles. The summed E-state index contributed by atoms with van der Waals surface area (Å²) in [6.45, 7) is 0.0801. The van der Waals surface area contributed by atoms with Gasteiger partial charge in [-0.1, -0.05) is 35.3 Å². The summed E-state index contributed by atoms with van der Waals surface area (Å²) in [5.41, 5.74) is 0.765. The second-order valence-corrected chi connectivity index (χ2v) is 6.99. The molecule has 3 N–H and O–H groups in total. The van der Waals surface area contributed by atoms with Gasteiger partial charge in [0.2, 0.25) is 0 Å². The predicted octanol–water partition coefficient (Wildman–Crippen LogP) is 5.23. The molecule has 3 aromatic rings. The molecule has 0 spiro atoms. The Kier molecular flexibility index (Phi) is 6.84. The fraction of sp³-hybridized carbons (Fsp3) is 0.0476. The Morgan fingerprint density at radius 3 is 2.26 bits per heavy atom. The van der Waals surface area contributed by atoms with Crippen molar-refractivity contribution in [1.82, 2.24) is 0 Å². The Bertz CT molecular complexity index is 1110. The van der Waals surface area contributed by atoms with Gasteiger partial charge in [0.15, 0.2) is 17.2 Å². The summed E-state index contributed by atoms with van der Waals surface area (Å²) in [4.78, 5) is 21.9. The molecular formula is C21H14Cl2FNO6. The summed E-state index contributed by atoms with van der Waals surface area (Å²) in [6, 6.07) is 12.5. The minimum Gasteiger partial charge on any atom is -0.504 e. The van der Waals surface area contributed by atoms with Crippen LogP contribution in [0.2, 0.25) is 10.0 Å². The highest BCUT2D eigenvalue weighted by Gasteiger charge is 2.16. The first-order valence-electron chi connectivity index (χ1n) is 8.64. The van der Waals surface area contributed by atoms with Gasteiger partial charge in [0, 0.05) is 11.8 Å². The third-order valence-electron chi connectivity index (χ3n) is 3.91. The third-order valence-corrected chi connectivity index (χ3v) is 4.47. The lowest BCUT2D eigenvalue weighted by Crippen LogP contribution is -2.21. The van der Waals surface area contributed by atoms with E-state index < -0.39 is 11.9 Å². The number of aliphatic carboxylic acids is 1. The zero-order valence-corrected chi connectivity index (χ0v) is 17.1. The summed E-state index contributed by atoms with van der Waals surface area (Å²) >= 11 is 12.3. The second-order valence-electron chi connectivity index (χ2n) is 6.18. The molecule has 31 heavy (non-hydrogen) atoms. The number of anilines is 1. The van der Waals surface area contributed by atoms with Gasteiger partial charge >= 0.3 is 11.9 Å². The van der Waals surface area contributed by atoms with Gasteiger partial charge in [-0.25, -0.2) is 9.18 Å². The fourth-order valence-electron chi connectivity index (χ4n) is 2.45. The molecule has 1 amide bonds. The molecule has 7 nitrogen and oxygen atoms in total. The van der Waals surface area contributed by atoms with Crippen molar-refractivity contribution in [3.63, 3.8) is 0 Å². The van der Waals surface area contributed by atoms with Crippen molar-refractivity contribution < 1.29 is 33.7 Å². The number of hydrogen-bond donors (Lipinski definition) is 3. The zero-order valence-electron chi connectivity index (χ0n) is 15.6. The number of carbonyl (C=O) groups is 2. The number of carboxylic acids is 1. The fourth-order valence-corrected chi connectivity index (χ4v) is 3.01. The Balaban J connectivity index is 1.76. The maximum Gasteiger partial charge on any atom is 0.394 e. The smallest absolute Gasteiger partial charge is 0.394 e. The van der Waals surface area contributed by atoms with Gasteiger partial charge in [-0.3, -0.25) is 4.79 Å². The number of carboxylic acid groups (broad SMARTS) is 1.